The Hall–Kier alpha value is -1.06. The van der Waals surface area contributed by atoms with Crippen LogP contribution in [0.5, 0.6) is 5.75 Å². The molecule has 0 aromatic heterocycles. The zero-order valence-corrected chi connectivity index (χ0v) is 21.9. The first-order valence-corrected chi connectivity index (χ1v) is 10.8. The van der Waals surface area contributed by atoms with E-state index in [-0.39, 0.29) is 29.4 Å². The van der Waals surface area contributed by atoms with Crippen LogP contribution in [0.2, 0.25) is 0 Å². The van der Waals surface area contributed by atoms with Crippen molar-refractivity contribution in [3.05, 3.63) is 29.3 Å². The number of halogens is 1. The Balaban J connectivity index is 0.00000450. The van der Waals surface area contributed by atoms with E-state index in [0.29, 0.717) is 19.1 Å². The van der Waals surface area contributed by atoms with E-state index in [1.807, 2.05) is 0 Å². The number of guanidine groups is 1. The lowest BCUT2D eigenvalue weighted by Gasteiger charge is -2.29. The van der Waals surface area contributed by atoms with E-state index in [1.165, 1.54) is 5.56 Å². The fourth-order valence-corrected chi connectivity index (χ4v) is 3.59. The highest BCUT2D eigenvalue weighted by molar-refractivity contribution is 14.0. The summed E-state index contributed by atoms with van der Waals surface area (Å²) in [6.45, 7) is 14.4. The fraction of sp³-hybridized carbons (Fsp3) is 0.696. The summed E-state index contributed by atoms with van der Waals surface area (Å²) >= 11 is 0. The van der Waals surface area contributed by atoms with E-state index in [2.05, 4.69) is 75.5 Å². The van der Waals surface area contributed by atoms with E-state index in [0.717, 1.165) is 56.5 Å². The van der Waals surface area contributed by atoms with Crippen molar-refractivity contribution >= 4 is 29.9 Å². The molecule has 0 aliphatic carbocycles. The van der Waals surface area contributed by atoms with E-state index < -0.39 is 0 Å². The number of rotatable bonds is 10. The summed E-state index contributed by atoms with van der Waals surface area (Å²) in [7, 11) is 4.22. The summed E-state index contributed by atoms with van der Waals surface area (Å²) in [6, 6.07) is 6.36. The molecule has 1 atom stereocenters. The molecule has 172 valence electrons. The lowest BCUT2D eigenvalue weighted by molar-refractivity contribution is 0.166. The largest absolute Gasteiger partial charge is 0.493 e. The third-order valence-corrected chi connectivity index (χ3v) is 4.95. The molecule has 0 bridgehead atoms. The average molecular weight is 533 g/mol. The molecule has 0 saturated carbocycles. The third-order valence-electron chi connectivity index (χ3n) is 4.95. The van der Waals surface area contributed by atoms with Gasteiger partial charge in [0.15, 0.2) is 5.96 Å². The maximum atomic E-state index is 6.16. The van der Waals surface area contributed by atoms with E-state index in [4.69, 9.17) is 14.5 Å². The summed E-state index contributed by atoms with van der Waals surface area (Å²) in [5, 5.41) is 6.85. The summed E-state index contributed by atoms with van der Waals surface area (Å²) < 4.78 is 11.6. The molecular weight excluding hydrogens is 491 g/mol. The third kappa shape index (κ3) is 9.83. The summed E-state index contributed by atoms with van der Waals surface area (Å²) in [4.78, 5) is 7.03. The predicted octanol–water partition coefficient (Wildman–Crippen LogP) is 3.67. The minimum Gasteiger partial charge on any atom is -0.493 e. The van der Waals surface area contributed by atoms with Crippen molar-refractivity contribution < 1.29 is 9.47 Å². The molecule has 7 heteroatoms. The van der Waals surface area contributed by atoms with Crippen LogP contribution in [0.25, 0.3) is 0 Å². The molecule has 1 saturated heterocycles. The van der Waals surface area contributed by atoms with Crippen LogP contribution >= 0.6 is 24.0 Å². The van der Waals surface area contributed by atoms with Crippen LogP contribution in [0.15, 0.2) is 23.2 Å². The first-order chi connectivity index (χ1) is 13.8. The first kappa shape index (κ1) is 27.0. The Kier molecular flexibility index (Phi) is 12.0. The molecule has 1 unspecified atom stereocenters. The van der Waals surface area contributed by atoms with E-state index in [9.17, 15) is 0 Å². The van der Waals surface area contributed by atoms with Crippen LogP contribution in [0, 0.1) is 18.3 Å². The van der Waals surface area contributed by atoms with E-state index in [1.54, 1.807) is 0 Å². The molecule has 1 aromatic rings. The van der Waals surface area contributed by atoms with Gasteiger partial charge in [-0.05, 0) is 51.4 Å². The molecule has 6 nitrogen and oxygen atoms in total. The Morgan fingerprint density at radius 2 is 2.07 bits per heavy atom. The number of nitrogens with one attached hydrogen (secondary N) is 2. The molecule has 2 rings (SSSR count). The summed E-state index contributed by atoms with van der Waals surface area (Å²) in [5.41, 5.74) is 2.46. The van der Waals surface area contributed by atoms with Crippen LogP contribution < -0.4 is 15.4 Å². The number of benzene rings is 1. The quantitative estimate of drug-likeness (QED) is 0.274. The van der Waals surface area contributed by atoms with Gasteiger partial charge in [0.1, 0.15) is 5.75 Å². The second-order valence-corrected chi connectivity index (χ2v) is 9.10. The molecule has 0 amide bonds. The lowest BCUT2D eigenvalue weighted by Crippen LogP contribution is -2.44. The van der Waals surface area contributed by atoms with Gasteiger partial charge in [-0.15, -0.1) is 24.0 Å². The van der Waals surface area contributed by atoms with Crippen molar-refractivity contribution in [1.29, 1.82) is 0 Å². The average Bonchev–Trinajstić information content (AvgIpc) is 3.16. The Labute approximate surface area is 200 Å². The van der Waals surface area contributed by atoms with Crippen molar-refractivity contribution in [2.24, 2.45) is 16.3 Å². The topological polar surface area (TPSA) is 58.1 Å². The number of hydrogen-bond acceptors (Lipinski definition) is 4. The summed E-state index contributed by atoms with van der Waals surface area (Å²) in [6.07, 6.45) is 1.08. The van der Waals surface area contributed by atoms with Gasteiger partial charge in [0.05, 0.1) is 19.8 Å². The van der Waals surface area contributed by atoms with Gasteiger partial charge < -0.3 is 25.0 Å². The van der Waals surface area contributed by atoms with E-state index >= 15 is 0 Å². The molecular formula is C23H41IN4O2. The number of aliphatic imine (C=N–C) groups is 1. The highest BCUT2D eigenvalue weighted by Gasteiger charge is 2.19. The summed E-state index contributed by atoms with van der Waals surface area (Å²) in [5.74, 6) is 2.27. The fourth-order valence-electron chi connectivity index (χ4n) is 3.59. The van der Waals surface area contributed by atoms with Crippen molar-refractivity contribution in [2.75, 3.05) is 53.6 Å². The van der Waals surface area contributed by atoms with Crippen LogP contribution in [0.1, 0.15) is 38.3 Å². The van der Waals surface area contributed by atoms with Crippen LogP contribution in [-0.2, 0) is 11.3 Å². The molecule has 1 fully saturated rings. The van der Waals surface area contributed by atoms with Crippen molar-refractivity contribution in [1.82, 2.24) is 15.5 Å². The van der Waals surface area contributed by atoms with Gasteiger partial charge in [0.2, 0.25) is 0 Å². The molecule has 1 aromatic carbocycles. The standard InChI is InChI=1S/C23H40N4O2.HI/c1-7-24-22(26-16-23(3,4)17-27(5)6)25-13-20-9-8-18(2)12-21(20)29-15-19-10-11-28-14-19;/h8-9,12,19H,7,10-11,13-17H2,1-6H3,(H2,24,25,26);1H. The second kappa shape index (κ2) is 13.4. The zero-order valence-electron chi connectivity index (χ0n) is 19.6. The number of ether oxygens (including phenoxy) is 2. The van der Waals surface area contributed by atoms with Crippen LogP contribution in [-0.4, -0.2) is 64.4 Å². The van der Waals surface area contributed by atoms with Crippen molar-refractivity contribution in [3.8, 4) is 5.75 Å². The minimum atomic E-state index is 0. The molecule has 0 spiro atoms. The number of hydrogen-bond donors (Lipinski definition) is 2. The molecule has 0 radical (unpaired) electrons. The SMILES string of the molecule is CCNC(=NCc1ccc(C)cc1OCC1CCOC1)NCC(C)(C)CN(C)C.I. The van der Waals surface area contributed by atoms with Gasteiger partial charge in [0.25, 0.3) is 0 Å². The second-order valence-electron chi connectivity index (χ2n) is 9.10. The number of aryl methyl sites for hydroxylation is 1. The minimum absolute atomic E-state index is 0. The smallest absolute Gasteiger partial charge is 0.191 e. The predicted molar refractivity (Wildman–Crippen MR) is 136 cm³/mol. The first-order valence-electron chi connectivity index (χ1n) is 10.8. The van der Waals surface area contributed by atoms with Gasteiger partial charge in [-0.3, -0.25) is 0 Å². The normalized spacial score (nSPS) is 17.0. The van der Waals surface area contributed by atoms with Gasteiger partial charge in [-0.1, -0.05) is 26.0 Å². The maximum absolute atomic E-state index is 6.16. The zero-order chi connectivity index (χ0) is 21.3. The number of nitrogens with zero attached hydrogens (tertiary/aromatic N) is 2. The monoisotopic (exact) mass is 532 g/mol. The van der Waals surface area contributed by atoms with Crippen LogP contribution in [0.4, 0.5) is 0 Å². The lowest BCUT2D eigenvalue weighted by atomic mass is 9.93. The highest BCUT2D eigenvalue weighted by atomic mass is 127. The van der Waals surface area contributed by atoms with Gasteiger partial charge in [0, 0.05) is 37.7 Å². The Morgan fingerprint density at radius 3 is 2.70 bits per heavy atom. The highest BCUT2D eigenvalue weighted by Crippen LogP contribution is 2.23. The van der Waals surface area contributed by atoms with Crippen molar-refractivity contribution in [2.45, 2.75) is 40.7 Å². The van der Waals surface area contributed by atoms with Gasteiger partial charge in [-0.25, -0.2) is 4.99 Å². The molecule has 1 aliphatic rings. The Morgan fingerprint density at radius 1 is 1.30 bits per heavy atom. The molecule has 2 N–H and O–H groups in total. The van der Waals surface area contributed by atoms with Gasteiger partial charge >= 0.3 is 0 Å². The Bertz CT molecular complexity index is 659. The molecule has 1 aliphatic heterocycles. The van der Waals surface area contributed by atoms with Crippen molar-refractivity contribution in [3.63, 3.8) is 0 Å². The molecule has 1 heterocycles. The van der Waals surface area contributed by atoms with Gasteiger partial charge in [-0.2, -0.15) is 0 Å². The maximum Gasteiger partial charge on any atom is 0.191 e. The molecule has 30 heavy (non-hydrogen) atoms. The van der Waals surface area contributed by atoms with Crippen LogP contribution in [0.3, 0.4) is 0 Å².